The van der Waals surface area contributed by atoms with Crippen molar-refractivity contribution in [2.45, 2.75) is 77.7 Å². The molecule has 0 saturated carbocycles. The fourth-order valence-electron chi connectivity index (χ4n) is 5.16. The molecule has 3 heterocycles. The zero-order valence-electron chi connectivity index (χ0n) is 22.1. The number of aryl methyl sites for hydroxylation is 1. The summed E-state index contributed by atoms with van der Waals surface area (Å²) in [6.07, 6.45) is 3.02. The van der Waals surface area contributed by atoms with E-state index in [1.807, 2.05) is 35.0 Å². The number of nitrogens with zero attached hydrogens (tertiary/aromatic N) is 5. The molecule has 37 heavy (non-hydrogen) atoms. The Kier molecular flexibility index (Phi) is 7.22. The van der Waals surface area contributed by atoms with E-state index in [-0.39, 0.29) is 17.2 Å². The molecule has 1 N–H and O–H groups in total. The summed E-state index contributed by atoms with van der Waals surface area (Å²) >= 11 is 0. The highest BCUT2D eigenvalue weighted by atomic mass is 16.5. The monoisotopic (exact) mass is 500 g/mol. The highest BCUT2D eigenvalue weighted by Crippen LogP contribution is 2.34. The number of H-pyrrole nitrogens is 1. The molecule has 0 amide bonds. The Morgan fingerprint density at radius 3 is 2.65 bits per heavy atom. The minimum Gasteiger partial charge on any atom is -0.376 e. The van der Waals surface area contributed by atoms with Gasteiger partial charge < -0.3 is 9.72 Å². The maximum atomic E-state index is 13.7. The molecule has 1 aliphatic rings. The SMILES string of the molecule is CCc1ccc2[nH]c(=O)c(C(c3nnnn3CC3CCCO3)N(Cc3ccccc3)C(C)(C)C)cc2c1. The van der Waals surface area contributed by atoms with Gasteiger partial charge in [-0.1, -0.05) is 43.3 Å². The number of nitrogens with one attached hydrogen (secondary N) is 1. The number of fused-ring (bicyclic) bond motifs is 1. The van der Waals surface area contributed by atoms with Gasteiger partial charge in [-0.3, -0.25) is 9.69 Å². The summed E-state index contributed by atoms with van der Waals surface area (Å²) in [5.41, 5.74) is 3.42. The molecule has 8 heteroatoms. The summed E-state index contributed by atoms with van der Waals surface area (Å²) in [6, 6.07) is 18.1. The standard InChI is InChI=1S/C29H36N6O2/c1-5-20-13-14-25-22(16-20)17-24(28(36)30-25)26(27-31-32-33-35(27)19-23-12-9-15-37-23)34(29(2,3)4)18-21-10-7-6-8-11-21/h6-8,10-11,13-14,16-17,23,26H,5,9,12,15,18-19H2,1-4H3,(H,30,36). The van der Waals surface area contributed by atoms with Gasteiger partial charge in [-0.05, 0) is 85.2 Å². The van der Waals surface area contributed by atoms with Crippen molar-refractivity contribution in [2.75, 3.05) is 6.61 Å². The van der Waals surface area contributed by atoms with Crippen molar-refractivity contribution >= 4 is 10.9 Å². The molecule has 194 valence electrons. The first-order valence-electron chi connectivity index (χ1n) is 13.2. The van der Waals surface area contributed by atoms with Crippen molar-refractivity contribution in [1.82, 2.24) is 30.1 Å². The van der Waals surface area contributed by atoms with Crippen molar-refractivity contribution in [2.24, 2.45) is 0 Å². The van der Waals surface area contributed by atoms with Crippen molar-refractivity contribution in [3.8, 4) is 0 Å². The van der Waals surface area contributed by atoms with Crippen LogP contribution in [-0.2, 0) is 24.2 Å². The van der Waals surface area contributed by atoms with Gasteiger partial charge in [0.25, 0.3) is 5.56 Å². The van der Waals surface area contributed by atoms with Crippen LogP contribution in [0.15, 0.2) is 59.4 Å². The van der Waals surface area contributed by atoms with Gasteiger partial charge in [0.15, 0.2) is 5.82 Å². The lowest BCUT2D eigenvalue weighted by atomic mass is 9.95. The summed E-state index contributed by atoms with van der Waals surface area (Å²) in [7, 11) is 0. The van der Waals surface area contributed by atoms with Gasteiger partial charge in [-0.2, -0.15) is 0 Å². The Morgan fingerprint density at radius 2 is 1.95 bits per heavy atom. The van der Waals surface area contributed by atoms with Crippen LogP contribution in [0.1, 0.15) is 69.1 Å². The second kappa shape index (κ2) is 10.6. The molecule has 2 aromatic carbocycles. The number of pyridine rings is 1. The van der Waals surface area contributed by atoms with Crippen LogP contribution in [0.2, 0.25) is 0 Å². The van der Waals surface area contributed by atoms with Gasteiger partial charge in [0.05, 0.1) is 12.6 Å². The Labute approximate surface area is 217 Å². The van der Waals surface area contributed by atoms with E-state index in [9.17, 15) is 4.79 Å². The lowest BCUT2D eigenvalue weighted by molar-refractivity contribution is 0.0740. The van der Waals surface area contributed by atoms with Crippen LogP contribution in [0.5, 0.6) is 0 Å². The smallest absolute Gasteiger partial charge is 0.253 e. The molecule has 4 aromatic rings. The first-order chi connectivity index (χ1) is 17.8. The van der Waals surface area contributed by atoms with Crippen LogP contribution in [0, 0.1) is 0 Å². The molecule has 8 nitrogen and oxygen atoms in total. The van der Waals surface area contributed by atoms with Gasteiger partial charge in [-0.25, -0.2) is 4.68 Å². The number of tetrazole rings is 1. The normalized spacial score (nSPS) is 17.1. The van der Waals surface area contributed by atoms with Gasteiger partial charge in [0, 0.05) is 29.8 Å². The van der Waals surface area contributed by atoms with Gasteiger partial charge in [-0.15, -0.1) is 5.10 Å². The summed E-state index contributed by atoms with van der Waals surface area (Å²) in [6.45, 7) is 10.6. The number of hydrogen-bond acceptors (Lipinski definition) is 6. The van der Waals surface area contributed by atoms with Crippen LogP contribution in [0.3, 0.4) is 0 Å². The maximum Gasteiger partial charge on any atom is 0.253 e. The summed E-state index contributed by atoms with van der Waals surface area (Å²) < 4.78 is 7.73. The molecule has 2 atom stereocenters. The van der Waals surface area contributed by atoms with Crippen LogP contribution in [-0.4, -0.2) is 48.3 Å². The molecule has 1 fully saturated rings. The summed E-state index contributed by atoms with van der Waals surface area (Å²) in [5, 5.41) is 13.9. The summed E-state index contributed by atoms with van der Waals surface area (Å²) in [4.78, 5) is 19.1. The highest BCUT2D eigenvalue weighted by molar-refractivity contribution is 5.80. The number of hydrogen-bond donors (Lipinski definition) is 1. The van der Waals surface area contributed by atoms with Crippen LogP contribution in [0.4, 0.5) is 0 Å². The zero-order valence-corrected chi connectivity index (χ0v) is 22.1. The molecule has 0 aliphatic carbocycles. The molecule has 1 saturated heterocycles. The van der Waals surface area contributed by atoms with Gasteiger partial charge in [0.1, 0.15) is 6.04 Å². The number of aromatic amines is 1. The lowest BCUT2D eigenvalue weighted by Gasteiger charge is -2.41. The quantitative estimate of drug-likeness (QED) is 0.379. The molecule has 5 rings (SSSR count). The van der Waals surface area contributed by atoms with E-state index in [0.717, 1.165) is 42.3 Å². The van der Waals surface area contributed by atoms with E-state index in [1.165, 1.54) is 5.56 Å². The van der Waals surface area contributed by atoms with Crippen LogP contribution >= 0.6 is 0 Å². The first kappa shape index (κ1) is 25.3. The zero-order chi connectivity index (χ0) is 26.0. The van der Waals surface area contributed by atoms with Crippen molar-refractivity contribution in [1.29, 1.82) is 0 Å². The van der Waals surface area contributed by atoms with Crippen LogP contribution < -0.4 is 5.56 Å². The van der Waals surface area contributed by atoms with E-state index in [0.29, 0.717) is 24.5 Å². The second-order valence-electron chi connectivity index (χ2n) is 10.9. The minimum atomic E-state index is -0.463. The maximum absolute atomic E-state index is 13.7. The van der Waals surface area contributed by atoms with Crippen LogP contribution in [0.25, 0.3) is 10.9 Å². The number of aromatic nitrogens is 5. The van der Waals surface area contributed by atoms with E-state index in [2.05, 4.69) is 77.4 Å². The number of rotatable bonds is 8. The highest BCUT2D eigenvalue weighted by Gasteiger charge is 2.37. The minimum absolute atomic E-state index is 0.0714. The predicted octanol–water partition coefficient (Wildman–Crippen LogP) is 4.65. The van der Waals surface area contributed by atoms with E-state index >= 15 is 0 Å². The summed E-state index contributed by atoms with van der Waals surface area (Å²) in [5.74, 6) is 0.651. The van der Waals surface area contributed by atoms with Gasteiger partial charge >= 0.3 is 0 Å². The molecular formula is C29H36N6O2. The Balaban J connectivity index is 1.68. The van der Waals surface area contributed by atoms with Gasteiger partial charge in [0.2, 0.25) is 0 Å². The molecule has 1 aliphatic heterocycles. The third-order valence-electron chi connectivity index (χ3n) is 7.21. The molecule has 0 bridgehead atoms. The average Bonchev–Trinajstić information content (AvgIpc) is 3.56. The average molecular weight is 501 g/mol. The Bertz CT molecular complexity index is 1400. The van der Waals surface area contributed by atoms with Crippen molar-refractivity contribution in [3.63, 3.8) is 0 Å². The third kappa shape index (κ3) is 5.50. The fraction of sp³-hybridized carbons (Fsp3) is 0.448. The topological polar surface area (TPSA) is 88.9 Å². The lowest BCUT2D eigenvalue weighted by Crippen LogP contribution is -2.46. The van der Waals surface area contributed by atoms with Crippen molar-refractivity contribution in [3.05, 3.63) is 87.5 Å². The predicted molar refractivity (Wildman–Crippen MR) is 144 cm³/mol. The Morgan fingerprint density at radius 1 is 1.14 bits per heavy atom. The molecule has 0 spiro atoms. The first-order valence-corrected chi connectivity index (χ1v) is 13.2. The van der Waals surface area contributed by atoms with E-state index in [1.54, 1.807) is 0 Å². The molecule has 2 aromatic heterocycles. The Hall–Kier alpha value is -3.36. The molecular weight excluding hydrogens is 464 g/mol. The second-order valence-corrected chi connectivity index (χ2v) is 10.9. The largest absolute Gasteiger partial charge is 0.376 e. The fourth-order valence-corrected chi connectivity index (χ4v) is 5.16. The number of ether oxygens (including phenoxy) is 1. The third-order valence-corrected chi connectivity index (χ3v) is 7.21. The van der Waals surface area contributed by atoms with E-state index < -0.39 is 6.04 Å². The molecule has 2 unspecified atom stereocenters. The van der Waals surface area contributed by atoms with Crippen molar-refractivity contribution < 1.29 is 4.74 Å². The van der Waals surface area contributed by atoms with E-state index in [4.69, 9.17) is 4.74 Å². The molecule has 0 radical (unpaired) electrons. The number of benzene rings is 2.